The lowest BCUT2D eigenvalue weighted by Gasteiger charge is -2.53. The topological polar surface area (TPSA) is 32.7 Å². The highest BCUT2D eigenvalue weighted by atomic mass is 16.3. The van der Waals surface area contributed by atoms with Crippen molar-refractivity contribution in [3.05, 3.63) is 4.91 Å². The van der Waals surface area contributed by atoms with Gasteiger partial charge in [0.2, 0.25) is 0 Å². The Kier molecular flexibility index (Phi) is 4.04. The molecule has 4 fully saturated rings. The summed E-state index contributed by atoms with van der Waals surface area (Å²) in [5.41, 5.74) is 0. The van der Waals surface area contributed by atoms with Crippen LogP contribution in [-0.4, -0.2) is 29.1 Å². The number of piperidine rings is 2. The molecule has 0 amide bonds. The van der Waals surface area contributed by atoms with Crippen molar-refractivity contribution >= 4 is 0 Å². The predicted molar refractivity (Wildman–Crippen MR) is 85.2 cm³/mol. The SMILES string of the molecule is O=NC1C[C@H]2CCC[C@@H](C1)N2C1C[C@H]2CCCC[C@@H](C1)C2. The van der Waals surface area contributed by atoms with E-state index in [9.17, 15) is 4.91 Å². The molecule has 2 aliphatic carbocycles. The molecule has 0 aromatic carbocycles. The number of hydrogen-bond donors (Lipinski definition) is 0. The number of fused-ring (bicyclic) bond motifs is 4. The summed E-state index contributed by atoms with van der Waals surface area (Å²) in [4.78, 5) is 13.9. The summed E-state index contributed by atoms with van der Waals surface area (Å²) in [5.74, 6) is 2.00. The Labute approximate surface area is 128 Å². The summed E-state index contributed by atoms with van der Waals surface area (Å²) in [6, 6.07) is 2.29. The van der Waals surface area contributed by atoms with Crippen molar-refractivity contribution in [2.24, 2.45) is 17.0 Å². The quantitative estimate of drug-likeness (QED) is 0.702. The molecule has 118 valence electrons. The van der Waals surface area contributed by atoms with E-state index < -0.39 is 0 Å². The Morgan fingerprint density at radius 2 is 1.29 bits per heavy atom. The highest BCUT2D eigenvalue weighted by Crippen LogP contribution is 2.45. The Bertz CT molecular complexity index is 357. The van der Waals surface area contributed by atoms with Crippen LogP contribution in [0, 0.1) is 16.7 Å². The second kappa shape index (κ2) is 5.98. The van der Waals surface area contributed by atoms with Crippen molar-refractivity contribution in [2.75, 3.05) is 0 Å². The molecular formula is C18H30N2O. The molecule has 4 rings (SSSR count). The molecule has 0 N–H and O–H groups in total. The maximum absolute atomic E-state index is 11.0. The van der Waals surface area contributed by atoms with E-state index in [1.165, 1.54) is 64.2 Å². The monoisotopic (exact) mass is 290 g/mol. The Morgan fingerprint density at radius 1 is 0.667 bits per heavy atom. The summed E-state index contributed by atoms with van der Waals surface area (Å²) in [6.07, 6.45) is 16.4. The van der Waals surface area contributed by atoms with Gasteiger partial charge in [-0.2, -0.15) is 4.91 Å². The molecule has 4 bridgehead atoms. The zero-order chi connectivity index (χ0) is 14.2. The van der Waals surface area contributed by atoms with Gasteiger partial charge in [-0.25, -0.2) is 0 Å². The van der Waals surface area contributed by atoms with Crippen LogP contribution >= 0.6 is 0 Å². The molecule has 0 spiro atoms. The maximum atomic E-state index is 11.0. The molecule has 0 aromatic heterocycles. The van der Waals surface area contributed by atoms with Crippen molar-refractivity contribution in [2.45, 2.75) is 101 Å². The molecule has 21 heavy (non-hydrogen) atoms. The summed E-state index contributed by atoms with van der Waals surface area (Å²) >= 11 is 0. The van der Waals surface area contributed by atoms with Gasteiger partial charge in [0.15, 0.2) is 0 Å². The van der Waals surface area contributed by atoms with E-state index in [4.69, 9.17) is 0 Å². The standard InChI is InChI=1S/C18H30N2O/c21-19-15-11-16-6-3-7-17(12-15)20(16)18-9-13-4-1-2-5-14(8-13)10-18/h13-18H,1-12H2/t13-,14+,15?,16-,17+,18?. The van der Waals surface area contributed by atoms with Gasteiger partial charge in [0, 0.05) is 18.1 Å². The molecule has 3 heteroatoms. The van der Waals surface area contributed by atoms with Crippen molar-refractivity contribution in [3.63, 3.8) is 0 Å². The van der Waals surface area contributed by atoms with Crippen molar-refractivity contribution in [3.8, 4) is 0 Å². The third-order valence-corrected chi connectivity index (χ3v) is 6.93. The van der Waals surface area contributed by atoms with Gasteiger partial charge in [0.05, 0.1) is 6.04 Å². The molecule has 2 aliphatic heterocycles. The first-order valence-electron chi connectivity index (χ1n) is 9.43. The average Bonchev–Trinajstić information content (AvgIpc) is 2.66. The van der Waals surface area contributed by atoms with Crippen LogP contribution in [0.2, 0.25) is 0 Å². The molecule has 2 saturated carbocycles. The van der Waals surface area contributed by atoms with Gasteiger partial charge in [0.25, 0.3) is 0 Å². The average molecular weight is 290 g/mol. The highest BCUT2D eigenvalue weighted by Gasteiger charge is 2.44. The molecule has 4 aliphatic rings. The largest absolute Gasteiger partial charge is 0.294 e. The van der Waals surface area contributed by atoms with Crippen LogP contribution in [0.3, 0.4) is 0 Å². The van der Waals surface area contributed by atoms with E-state index in [0.717, 1.165) is 30.7 Å². The lowest BCUT2D eigenvalue weighted by Crippen LogP contribution is -2.58. The van der Waals surface area contributed by atoms with Gasteiger partial charge in [-0.3, -0.25) is 4.90 Å². The number of nitroso groups, excluding NO2 is 1. The summed E-state index contributed by atoms with van der Waals surface area (Å²) in [7, 11) is 0. The smallest absolute Gasteiger partial charge is 0.0949 e. The molecule has 3 nitrogen and oxygen atoms in total. The van der Waals surface area contributed by atoms with Crippen LogP contribution in [0.5, 0.6) is 0 Å². The Hall–Kier alpha value is -0.440. The Morgan fingerprint density at radius 3 is 1.86 bits per heavy atom. The minimum Gasteiger partial charge on any atom is -0.294 e. The van der Waals surface area contributed by atoms with E-state index in [-0.39, 0.29) is 6.04 Å². The Balaban J connectivity index is 1.51. The van der Waals surface area contributed by atoms with Gasteiger partial charge in [-0.15, -0.1) is 0 Å². The van der Waals surface area contributed by atoms with Gasteiger partial charge >= 0.3 is 0 Å². The van der Waals surface area contributed by atoms with Crippen LogP contribution in [0.15, 0.2) is 5.18 Å². The number of hydrogen-bond acceptors (Lipinski definition) is 3. The molecule has 0 radical (unpaired) electrons. The van der Waals surface area contributed by atoms with Gasteiger partial charge in [-0.05, 0) is 56.8 Å². The van der Waals surface area contributed by atoms with Crippen LogP contribution in [0.1, 0.15) is 77.0 Å². The van der Waals surface area contributed by atoms with Gasteiger partial charge in [0.1, 0.15) is 0 Å². The van der Waals surface area contributed by atoms with Crippen LogP contribution < -0.4 is 0 Å². The fraction of sp³-hybridized carbons (Fsp3) is 1.00. The van der Waals surface area contributed by atoms with E-state index >= 15 is 0 Å². The van der Waals surface area contributed by atoms with E-state index in [0.29, 0.717) is 12.1 Å². The fourth-order valence-corrected chi connectivity index (χ4v) is 6.18. The van der Waals surface area contributed by atoms with Gasteiger partial charge in [-0.1, -0.05) is 37.3 Å². The number of nitrogens with zero attached hydrogens (tertiary/aromatic N) is 2. The second-order valence-corrected chi connectivity index (χ2v) is 8.29. The maximum Gasteiger partial charge on any atom is 0.0949 e. The molecule has 6 atom stereocenters. The minimum atomic E-state index is 0.113. The third kappa shape index (κ3) is 2.78. The van der Waals surface area contributed by atoms with Crippen LogP contribution in [0.25, 0.3) is 0 Å². The summed E-state index contributed by atoms with van der Waals surface area (Å²) in [5, 5.41) is 3.41. The first-order chi connectivity index (χ1) is 10.3. The lowest BCUT2D eigenvalue weighted by molar-refractivity contribution is -0.0327. The predicted octanol–water partition coefficient (Wildman–Crippen LogP) is 4.50. The molecule has 2 unspecified atom stereocenters. The highest BCUT2D eigenvalue weighted by molar-refractivity contribution is 4.99. The van der Waals surface area contributed by atoms with Crippen molar-refractivity contribution in [1.29, 1.82) is 0 Å². The molecule has 0 aromatic rings. The fourth-order valence-electron chi connectivity index (χ4n) is 6.18. The normalized spacial score (nSPS) is 47.6. The van der Waals surface area contributed by atoms with Crippen molar-refractivity contribution in [1.82, 2.24) is 4.90 Å². The molecule has 2 saturated heterocycles. The van der Waals surface area contributed by atoms with E-state index in [2.05, 4.69) is 10.1 Å². The molecule has 2 heterocycles. The third-order valence-electron chi connectivity index (χ3n) is 6.93. The zero-order valence-electron chi connectivity index (χ0n) is 13.3. The van der Waals surface area contributed by atoms with E-state index in [1.54, 1.807) is 0 Å². The minimum absolute atomic E-state index is 0.113. The first kappa shape index (κ1) is 14.2. The van der Waals surface area contributed by atoms with E-state index in [1.807, 2.05) is 0 Å². The molecular weight excluding hydrogens is 260 g/mol. The lowest BCUT2D eigenvalue weighted by atomic mass is 9.73. The number of rotatable bonds is 2. The first-order valence-corrected chi connectivity index (χ1v) is 9.43. The van der Waals surface area contributed by atoms with Crippen molar-refractivity contribution < 1.29 is 0 Å². The summed E-state index contributed by atoms with van der Waals surface area (Å²) in [6.45, 7) is 0. The van der Waals surface area contributed by atoms with Gasteiger partial charge < -0.3 is 0 Å². The second-order valence-electron chi connectivity index (χ2n) is 8.29. The zero-order valence-corrected chi connectivity index (χ0v) is 13.3. The van der Waals surface area contributed by atoms with Crippen LogP contribution in [0.4, 0.5) is 0 Å². The van der Waals surface area contributed by atoms with Crippen LogP contribution in [-0.2, 0) is 0 Å². The summed E-state index contributed by atoms with van der Waals surface area (Å²) < 4.78 is 0.